The number of hydrogen-bond acceptors (Lipinski definition) is 6. The van der Waals surface area contributed by atoms with Gasteiger partial charge >= 0.3 is 0 Å². The Morgan fingerprint density at radius 3 is 2.71 bits per heavy atom. The number of hydrogen-bond donors (Lipinski definition) is 2. The monoisotopic (exact) mass is 469 g/mol. The van der Waals surface area contributed by atoms with Gasteiger partial charge in [-0.2, -0.15) is 5.10 Å². The number of rotatable bonds is 10. The van der Waals surface area contributed by atoms with Gasteiger partial charge in [-0.1, -0.05) is 18.2 Å². The molecular weight excluding hydrogens is 437 g/mol. The van der Waals surface area contributed by atoms with Crippen molar-refractivity contribution < 1.29 is 24.1 Å². The Kier molecular flexibility index (Phi) is 7.82. The van der Waals surface area contributed by atoms with Crippen LogP contribution < -0.4 is 9.47 Å². The summed E-state index contributed by atoms with van der Waals surface area (Å²) < 4.78 is 26.8. The molecule has 0 radical (unpaired) electrons. The summed E-state index contributed by atoms with van der Waals surface area (Å²) in [6.45, 7) is 4.81. The lowest BCUT2D eigenvalue weighted by Crippen LogP contribution is -2.59. The molecule has 1 aliphatic rings. The van der Waals surface area contributed by atoms with E-state index in [4.69, 9.17) is 9.47 Å². The van der Waals surface area contributed by atoms with Crippen molar-refractivity contribution >= 4 is 0 Å². The van der Waals surface area contributed by atoms with Crippen LogP contribution >= 0.6 is 0 Å². The quantitative estimate of drug-likeness (QED) is 0.444. The highest BCUT2D eigenvalue weighted by Crippen LogP contribution is 2.26. The molecule has 2 N–H and O–H groups in total. The van der Waals surface area contributed by atoms with E-state index in [1.807, 2.05) is 48.3 Å². The minimum Gasteiger partial charge on any atom is -0.494 e. The topological polar surface area (TPSA) is 80.0 Å². The third kappa shape index (κ3) is 6.56. The van der Waals surface area contributed by atoms with Crippen molar-refractivity contribution in [1.29, 1.82) is 0 Å². The van der Waals surface area contributed by atoms with Gasteiger partial charge in [-0.3, -0.25) is 9.58 Å². The van der Waals surface area contributed by atoms with Crippen LogP contribution in [0.3, 0.4) is 0 Å². The van der Waals surface area contributed by atoms with E-state index < -0.39 is 17.5 Å². The van der Waals surface area contributed by atoms with E-state index in [-0.39, 0.29) is 13.2 Å². The average Bonchev–Trinajstić information content (AvgIpc) is 3.23. The number of aryl methyl sites for hydroxylation is 2. The van der Waals surface area contributed by atoms with Crippen molar-refractivity contribution in [3.05, 3.63) is 77.9 Å². The number of aliphatic hydroxyl groups is 2. The third-order valence-electron chi connectivity index (χ3n) is 5.99. The van der Waals surface area contributed by atoms with Gasteiger partial charge in [-0.25, -0.2) is 4.39 Å². The molecule has 0 bridgehead atoms. The van der Waals surface area contributed by atoms with E-state index in [1.54, 1.807) is 12.1 Å². The molecule has 2 atom stereocenters. The lowest BCUT2D eigenvalue weighted by Gasteiger charge is -2.42. The summed E-state index contributed by atoms with van der Waals surface area (Å²) >= 11 is 0. The first-order valence-electron chi connectivity index (χ1n) is 11.6. The van der Waals surface area contributed by atoms with Crippen LogP contribution in [-0.2, 0) is 13.1 Å². The van der Waals surface area contributed by atoms with Gasteiger partial charge in [0, 0.05) is 44.9 Å². The Labute approximate surface area is 199 Å². The maximum absolute atomic E-state index is 13.4. The van der Waals surface area contributed by atoms with Crippen molar-refractivity contribution in [2.24, 2.45) is 0 Å². The van der Waals surface area contributed by atoms with Crippen LogP contribution in [0.4, 0.5) is 4.39 Å². The Morgan fingerprint density at radius 1 is 1.15 bits per heavy atom. The first kappa shape index (κ1) is 24.2. The number of nitrogens with zero attached hydrogens (tertiary/aromatic N) is 3. The fourth-order valence-corrected chi connectivity index (χ4v) is 4.18. The second kappa shape index (κ2) is 11.0. The van der Waals surface area contributed by atoms with E-state index in [0.717, 1.165) is 29.8 Å². The first-order valence-corrected chi connectivity index (χ1v) is 11.6. The summed E-state index contributed by atoms with van der Waals surface area (Å²) in [5.74, 6) is 0.718. The highest BCUT2D eigenvalue weighted by atomic mass is 19.1. The van der Waals surface area contributed by atoms with E-state index in [0.29, 0.717) is 31.9 Å². The normalized spacial score (nSPS) is 20.9. The SMILES string of the molecule is Cc1cnn(CCCOc2cccc(CN3CC[C@H](O)[C@@](O)(COc4cccc(F)c4)C3)c2)c1. The van der Waals surface area contributed by atoms with Crippen LogP contribution in [0.1, 0.15) is 24.0 Å². The lowest BCUT2D eigenvalue weighted by atomic mass is 9.90. The fourth-order valence-electron chi connectivity index (χ4n) is 4.18. The number of piperidine rings is 1. The third-order valence-corrected chi connectivity index (χ3v) is 5.99. The second-order valence-electron chi connectivity index (χ2n) is 8.99. The zero-order valence-corrected chi connectivity index (χ0v) is 19.4. The molecule has 34 heavy (non-hydrogen) atoms. The van der Waals surface area contributed by atoms with E-state index >= 15 is 0 Å². The maximum Gasteiger partial charge on any atom is 0.137 e. The standard InChI is InChI=1S/C26H32FN3O4/c1-20-15-28-30(16-20)10-4-12-33-23-7-2-5-21(13-23)17-29-11-9-25(31)26(32,18-29)19-34-24-8-3-6-22(27)14-24/h2-3,5-8,13-16,25,31-32H,4,9-12,17-19H2,1H3/t25-,26-/m0/s1. The smallest absolute Gasteiger partial charge is 0.137 e. The Bertz CT molecular complexity index is 1080. The van der Waals surface area contributed by atoms with Gasteiger partial charge in [-0.15, -0.1) is 0 Å². The molecule has 0 saturated carbocycles. The minimum atomic E-state index is -1.44. The Morgan fingerprint density at radius 2 is 1.94 bits per heavy atom. The average molecular weight is 470 g/mol. The highest BCUT2D eigenvalue weighted by Gasteiger charge is 2.42. The Balaban J connectivity index is 1.28. The fraction of sp³-hybridized carbons (Fsp3) is 0.423. The molecule has 8 heteroatoms. The summed E-state index contributed by atoms with van der Waals surface area (Å²) in [4.78, 5) is 2.08. The molecule has 1 saturated heterocycles. The molecular formula is C26H32FN3O4. The van der Waals surface area contributed by atoms with E-state index in [9.17, 15) is 14.6 Å². The van der Waals surface area contributed by atoms with Gasteiger partial charge < -0.3 is 19.7 Å². The van der Waals surface area contributed by atoms with Crippen molar-refractivity contribution in [3.63, 3.8) is 0 Å². The molecule has 3 aromatic rings. The van der Waals surface area contributed by atoms with Crippen molar-refractivity contribution in [3.8, 4) is 11.5 Å². The number of benzene rings is 2. The molecule has 182 valence electrons. The second-order valence-corrected chi connectivity index (χ2v) is 8.99. The molecule has 0 aliphatic carbocycles. The molecule has 7 nitrogen and oxygen atoms in total. The number of aliphatic hydroxyl groups excluding tert-OH is 1. The Hall–Kier alpha value is -2.94. The number of likely N-dealkylation sites (tertiary alicyclic amines) is 1. The molecule has 2 aromatic carbocycles. The van der Waals surface area contributed by atoms with Gasteiger partial charge in [0.25, 0.3) is 0 Å². The van der Waals surface area contributed by atoms with Crippen LogP contribution in [0.5, 0.6) is 11.5 Å². The van der Waals surface area contributed by atoms with Gasteiger partial charge in [0.15, 0.2) is 0 Å². The number of halogens is 1. The lowest BCUT2D eigenvalue weighted by molar-refractivity contribution is -0.140. The predicted octanol–water partition coefficient (Wildman–Crippen LogP) is 3.18. The molecule has 2 heterocycles. The minimum absolute atomic E-state index is 0.118. The largest absolute Gasteiger partial charge is 0.494 e. The van der Waals surface area contributed by atoms with Gasteiger partial charge in [0.1, 0.15) is 29.5 Å². The summed E-state index contributed by atoms with van der Waals surface area (Å²) in [6.07, 6.45) is 4.23. The van der Waals surface area contributed by atoms with Crippen LogP contribution in [0.25, 0.3) is 0 Å². The molecule has 1 aliphatic heterocycles. The predicted molar refractivity (Wildman–Crippen MR) is 126 cm³/mol. The molecule has 0 amide bonds. The number of β-amino-alcohol motifs (C(OH)–C–C–N with tert-alkyl or cyclic N) is 1. The molecule has 1 aromatic heterocycles. The van der Waals surface area contributed by atoms with Crippen LogP contribution in [0.15, 0.2) is 60.9 Å². The molecule has 0 spiro atoms. The van der Waals surface area contributed by atoms with Crippen LogP contribution in [0, 0.1) is 12.7 Å². The van der Waals surface area contributed by atoms with Crippen LogP contribution in [-0.4, -0.2) is 62.9 Å². The first-order chi connectivity index (χ1) is 16.4. The van der Waals surface area contributed by atoms with Crippen molar-refractivity contribution in [2.45, 2.75) is 44.6 Å². The van der Waals surface area contributed by atoms with Gasteiger partial charge in [0.05, 0.1) is 18.9 Å². The molecule has 1 fully saturated rings. The van der Waals surface area contributed by atoms with Crippen molar-refractivity contribution in [2.75, 3.05) is 26.3 Å². The van der Waals surface area contributed by atoms with E-state index in [2.05, 4.69) is 10.00 Å². The van der Waals surface area contributed by atoms with Crippen molar-refractivity contribution in [1.82, 2.24) is 14.7 Å². The zero-order valence-electron chi connectivity index (χ0n) is 19.4. The summed E-state index contributed by atoms with van der Waals surface area (Å²) in [5.41, 5.74) is 0.764. The summed E-state index contributed by atoms with van der Waals surface area (Å²) in [6, 6.07) is 13.7. The zero-order chi connectivity index (χ0) is 24.0. The maximum atomic E-state index is 13.4. The summed E-state index contributed by atoms with van der Waals surface area (Å²) in [7, 11) is 0. The summed E-state index contributed by atoms with van der Waals surface area (Å²) in [5, 5.41) is 25.8. The van der Waals surface area contributed by atoms with E-state index in [1.165, 1.54) is 12.1 Å². The number of ether oxygens (including phenoxy) is 2. The van der Waals surface area contributed by atoms with Crippen LogP contribution in [0.2, 0.25) is 0 Å². The molecule has 4 rings (SSSR count). The molecule has 0 unspecified atom stereocenters. The highest BCUT2D eigenvalue weighted by molar-refractivity contribution is 5.28. The number of aromatic nitrogens is 2. The van der Waals surface area contributed by atoms with Gasteiger partial charge in [0.2, 0.25) is 0 Å². The van der Waals surface area contributed by atoms with Gasteiger partial charge in [-0.05, 0) is 48.7 Å².